The van der Waals surface area contributed by atoms with Crippen molar-refractivity contribution < 1.29 is 9.59 Å². The van der Waals surface area contributed by atoms with Gasteiger partial charge in [-0.05, 0) is 35.7 Å². The van der Waals surface area contributed by atoms with Crippen LogP contribution in [0.4, 0.5) is 11.4 Å². The third-order valence-corrected chi connectivity index (χ3v) is 5.99. The lowest BCUT2D eigenvalue weighted by Gasteiger charge is -2.27. The van der Waals surface area contributed by atoms with Crippen LogP contribution in [0, 0.1) is 5.41 Å². The third kappa shape index (κ3) is 4.41. The summed E-state index contributed by atoms with van der Waals surface area (Å²) < 4.78 is 0. The number of para-hydroxylation sites is 1. The smallest absolute Gasteiger partial charge is 0.238 e. The molecule has 2 aromatic carbocycles. The predicted molar refractivity (Wildman–Crippen MR) is 118 cm³/mol. The first kappa shape index (κ1) is 20.5. The minimum atomic E-state index is -0.438. The Balaban J connectivity index is 1.85. The summed E-state index contributed by atoms with van der Waals surface area (Å²) in [7, 11) is 0. The second kappa shape index (κ2) is 8.39. The van der Waals surface area contributed by atoms with Gasteiger partial charge in [0.15, 0.2) is 0 Å². The normalized spacial score (nSPS) is 17.1. The van der Waals surface area contributed by atoms with Gasteiger partial charge in [-0.2, -0.15) is 0 Å². The van der Waals surface area contributed by atoms with Gasteiger partial charge in [-0.25, -0.2) is 0 Å². The molecule has 0 bridgehead atoms. The number of nitrogens with one attached hydrogen (secondary N) is 1. The summed E-state index contributed by atoms with van der Waals surface area (Å²) in [4.78, 5) is 26.8. The predicted octanol–water partition coefficient (Wildman–Crippen LogP) is 5.40. The lowest BCUT2D eigenvalue weighted by atomic mass is 9.95. The number of amides is 2. The van der Waals surface area contributed by atoms with E-state index in [0.717, 1.165) is 29.8 Å². The van der Waals surface area contributed by atoms with Crippen LogP contribution >= 0.6 is 11.8 Å². The van der Waals surface area contributed by atoms with Gasteiger partial charge < -0.3 is 5.32 Å². The van der Waals surface area contributed by atoms with E-state index in [4.69, 9.17) is 0 Å². The number of anilines is 2. The van der Waals surface area contributed by atoms with E-state index in [0.29, 0.717) is 5.75 Å². The van der Waals surface area contributed by atoms with Crippen molar-refractivity contribution in [2.45, 2.75) is 45.9 Å². The van der Waals surface area contributed by atoms with Crippen LogP contribution < -0.4 is 10.2 Å². The molecule has 0 saturated carbocycles. The van der Waals surface area contributed by atoms with Crippen molar-refractivity contribution in [3.63, 3.8) is 0 Å². The molecular weight excluding hydrogens is 368 g/mol. The summed E-state index contributed by atoms with van der Waals surface area (Å²) in [6.45, 7) is 7.83. The van der Waals surface area contributed by atoms with E-state index in [2.05, 4.69) is 18.3 Å². The Kier molecular flexibility index (Phi) is 6.14. The zero-order valence-corrected chi connectivity index (χ0v) is 17.8. The third-order valence-electron chi connectivity index (χ3n) is 4.77. The summed E-state index contributed by atoms with van der Waals surface area (Å²) >= 11 is 1.65. The second-order valence-electron chi connectivity index (χ2n) is 8.13. The van der Waals surface area contributed by atoms with Gasteiger partial charge in [-0.1, -0.05) is 64.4 Å². The fraction of sp³-hybridized carbons (Fsp3) is 0.391. The topological polar surface area (TPSA) is 49.4 Å². The lowest BCUT2D eigenvalue weighted by Crippen LogP contribution is -2.29. The van der Waals surface area contributed by atoms with Crippen molar-refractivity contribution in [1.82, 2.24) is 0 Å². The van der Waals surface area contributed by atoms with E-state index >= 15 is 0 Å². The van der Waals surface area contributed by atoms with Gasteiger partial charge in [0.1, 0.15) is 5.37 Å². The zero-order chi connectivity index (χ0) is 20.3. The molecule has 4 nitrogen and oxygen atoms in total. The highest BCUT2D eigenvalue weighted by Crippen LogP contribution is 2.43. The van der Waals surface area contributed by atoms with Crippen molar-refractivity contribution in [2.24, 2.45) is 5.41 Å². The quantitative estimate of drug-likeness (QED) is 0.736. The van der Waals surface area contributed by atoms with Crippen LogP contribution in [0.3, 0.4) is 0 Å². The SMILES string of the molecule is CCCc1ccccc1N1C(=O)CS[C@@H]1c1ccc(NC(=O)C(C)(C)C)cc1. The van der Waals surface area contributed by atoms with Gasteiger partial charge in [0.25, 0.3) is 0 Å². The van der Waals surface area contributed by atoms with Gasteiger partial charge in [0.05, 0.1) is 5.75 Å². The maximum absolute atomic E-state index is 12.7. The van der Waals surface area contributed by atoms with Crippen molar-refractivity contribution in [3.05, 3.63) is 59.7 Å². The Labute approximate surface area is 171 Å². The standard InChI is InChI=1S/C23H28N2O2S/c1-5-8-16-9-6-7-10-19(16)25-20(26)15-28-21(25)17-11-13-18(14-12-17)24-22(27)23(2,3)4/h6-7,9-14,21H,5,8,15H2,1-4H3,(H,24,27)/t21-/m1/s1. The summed E-state index contributed by atoms with van der Waals surface area (Å²) in [5, 5.41) is 2.91. The maximum Gasteiger partial charge on any atom is 0.238 e. The van der Waals surface area contributed by atoms with E-state index in [9.17, 15) is 9.59 Å². The number of benzene rings is 2. The van der Waals surface area contributed by atoms with E-state index < -0.39 is 5.41 Å². The molecule has 0 spiro atoms. The van der Waals surface area contributed by atoms with E-state index in [-0.39, 0.29) is 17.2 Å². The fourth-order valence-electron chi connectivity index (χ4n) is 3.21. The van der Waals surface area contributed by atoms with Crippen molar-refractivity contribution in [3.8, 4) is 0 Å². The Morgan fingerprint density at radius 2 is 1.82 bits per heavy atom. The number of hydrogen-bond acceptors (Lipinski definition) is 3. The highest BCUT2D eigenvalue weighted by molar-refractivity contribution is 8.00. The first-order valence-electron chi connectivity index (χ1n) is 9.74. The molecule has 1 aliphatic rings. The first-order chi connectivity index (χ1) is 13.3. The maximum atomic E-state index is 12.7. The Morgan fingerprint density at radius 1 is 1.14 bits per heavy atom. The number of carbonyl (C=O) groups is 2. The number of carbonyl (C=O) groups excluding carboxylic acids is 2. The van der Waals surface area contributed by atoms with Gasteiger partial charge in [0.2, 0.25) is 11.8 Å². The monoisotopic (exact) mass is 396 g/mol. The van der Waals surface area contributed by atoms with E-state index in [1.807, 2.05) is 68.1 Å². The molecule has 0 radical (unpaired) electrons. The highest BCUT2D eigenvalue weighted by atomic mass is 32.2. The van der Waals surface area contributed by atoms with E-state index in [1.165, 1.54) is 5.56 Å². The van der Waals surface area contributed by atoms with Crippen LogP contribution in [0.15, 0.2) is 48.5 Å². The first-order valence-corrected chi connectivity index (χ1v) is 10.8. The van der Waals surface area contributed by atoms with Crippen LogP contribution in [-0.2, 0) is 16.0 Å². The van der Waals surface area contributed by atoms with Crippen molar-refractivity contribution >= 4 is 35.0 Å². The van der Waals surface area contributed by atoms with Crippen LogP contribution in [0.25, 0.3) is 0 Å². The van der Waals surface area contributed by atoms with Crippen molar-refractivity contribution in [1.29, 1.82) is 0 Å². The minimum Gasteiger partial charge on any atom is -0.326 e. The van der Waals surface area contributed by atoms with E-state index in [1.54, 1.807) is 11.8 Å². The number of hydrogen-bond donors (Lipinski definition) is 1. The summed E-state index contributed by atoms with van der Waals surface area (Å²) in [5.74, 6) is 0.609. The molecule has 1 aliphatic heterocycles. The molecule has 5 heteroatoms. The van der Waals surface area contributed by atoms with Gasteiger partial charge in [-0.15, -0.1) is 11.8 Å². The van der Waals surface area contributed by atoms with Gasteiger partial charge in [0, 0.05) is 16.8 Å². The average Bonchev–Trinajstić information content (AvgIpc) is 3.04. The fourth-order valence-corrected chi connectivity index (χ4v) is 4.38. The molecule has 3 rings (SSSR count). The molecule has 1 saturated heterocycles. The number of rotatable bonds is 5. The molecule has 2 aromatic rings. The number of nitrogens with zero attached hydrogens (tertiary/aromatic N) is 1. The summed E-state index contributed by atoms with van der Waals surface area (Å²) in [5.41, 5.74) is 3.62. The molecule has 0 aliphatic carbocycles. The Morgan fingerprint density at radius 3 is 2.46 bits per heavy atom. The van der Waals surface area contributed by atoms with Crippen LogP contribution in [0.2, 0.25) is 0 Å². The molecule has 28 heavy (non-hydrogen) atoms. The number of thioether (sulfide) groups is 1. The highest BCUT2D eigenvalue weighted by Gasteiger charge is 2.35. The average molecular weight is 397 g/mol. The molecule has 1 atom stereocenters. The molecule has 1 fully saturated rings. The zero-order valence-electron chi connectivity index (χ0n) is 17.0. The molecular formula is C23H28N2O2S. The molecule has 1 N–H and O–H groups in total. The van der Waals surface area contributed by atoms with Gasteiger partial charge in [-0.3, -0.25) is 14.5 Å². The summed E-state index contributed by atoms with van der Waals surface area (Å²) in [6, 6.07) is 16.0. The largest absolute Gasteiger partial charge is 0.326 e. The molecule has 1 heterocycles. The lowest BCUT2D eigenvalue weighted by molar-refractivity contribution is -0.123. The van der Waals surface area contributed by atoms with Crippen LogP contribution in [-0.4, -0.2) is 17.6 Å². The van der Waals surface area contributed by atoms with Crippen LogP contribution in [0.1, 0.15) is 50.6 Å². The molecule has 0 unspecified atom stereocenters. The number of aryl methyl sites for hydroxylation is 1. The Hall–Kier alpha value is -2.27. The summed E-state index contributed by atoms with van der Waals surface area (Å²) in [6.07, 6.45) is 1.99. The van der Waals surface area contributed by atoms with Crippen molar-refractivity contribution in [2.75, 3.05) is 16.0 Å². The Bertz CT molecular complexity index is 856. The second-order valence-corrected chi connectivity index (χ2v) is 9.20. The molecule has 0 aromatic heterocycles. The molecule has 148 valence electrons. The van der Waals surface area contributed by atoms with Gasteiger partial charge >= 0.3 is 0 Å². The minimum absolute atomic E-state index is 0.0132. The van der Waals surface area contributed by atoms with Crippen LogP contribution in [0.5, 0.6) is 0 Å². The molecule has 2 amide bonds.